The molecule has 0 saturated heterocycles. The number of halogens is 2. The lowest BCUT2D eigenvalue weighted by Crippen LogP contribution is -2.36. The fraction of sp³-hybridized carbons (Fsp3) is 0.235. The van der Waals surface area contributed by atoms with Crippen LogP contribution in [0.2, 0.25) is 5.02 Å². The molecule has 0 radical (unpaired) electrons. The molecule has 45 heavy (non-hydrogen) atoms. The molecule has 0 aliphatic carbocycles. The molecule has 3 aromatic carbocycles. The Morgan fingerprint density at radius 3 is 2.36 bits per heavy atom. The number of amides is 1. The lowest BCUT2D eigenvalue weighted by Gasteiger charge is -2.24. The minimum atomic E-state index is -0.366. The number of aromatic nitrogens is 4. The Morgan fingerprint density at radius 1 is 1.04 bits per heavy atom. The van der Waals surface area contributed by atoms with Crippen molar-refractivity contribution in [2.75, 3.05) is 13.1 Å². The first-order chi connectivity index (χ1) is 21.8. The summed E-state index contributed by atoms with van der Waals surface area (Å²) in [6.45, 7) is 3.23. The zero-order valence-electron chi connectivity index (χ0n) is 24.8. The second-order valence-electron chi connectivity index (χ2n) is 10.7. The van der Waals surface area contributed by atoms with Crippen LogP contribution in [0, 0.1) is 5.82 Å². The van der Waals surface area contributed by atoms with E-state index in [1.54, 1.807) is 40.2 Å². The van der Waals surface area contributed by atoms with Crippen molar-refractivity contribution >= 4 is 29.3 Å². The standard InChI is InChI=1S/C34H34ClFN6O2S/c1-23(28-17-38-39-18-28)31-20-42(34(40-33(31)44)45-22-25-5-13-30(36)14-6-25)21-32(43)41(16-2-15-37)19-24-3-7-26(8-4-24)27-9-11-29(35)12-10-27/h3-14,17-18,20,23H,2,15-16,19,21-22,37H2,1H3,(H,38,39). The van der Waals surface area contributed by atoms with Crippen LogP contribution in [0.3, 0.4) is 0 Å². The minimum absolute atomic E-state index is 0.0163. The molecule has 8 nitrogen and oxygen atoms in total. The highest BCUT2D eigenvalue weighted by atomic mass is 35.5. The van der Waals surface area contributed by atoms with Crippen LogP contribution in [-0.4, -0.2) is 43.6 Å². The predicted octanol–water partition coefficient (Wildman–Crippen LogP) is 6.25. The largest absolute Gasteiger partial charge is 0.337 e. The van der Waals surface area contributed by atoms with Gasteiger partial charge in [-0.3, -0.25) is 14.7 Å². The number of aromatic amines is 1. The number of H-pyrrole nitrogens is 1. The first-order valence-corrected chi connectivity index (χ1v) is 16.0. The predicted molar refractivity (Wildman–Crippen MR) is 177 cm³/mol. The fourth-order valence-electron chi connectivity index (χ4n) is 4.91. The van der Waals surface area contributed by atoms with E-state index in [0.29, 0.717) is 47.6 Å². The molecule has 0 saturated carbocycles. The van der Waals surface area contributed by atoms with E-state index in [0.717, 1.165) is 27.8 Å². The molecule has 1 amide bonds. The number of nitrogens with one attached hydrogen (secondary N) is 1. The minimum Gasteiger partial charge on any atom is -0.337 e. The molecular formula is C34H34ClFN6O2S. The summed E-state index contributed by atoms with van der Waals surface area (Å²) in [4.78, 5) is 33.3. The van der Waals surface area contributed by atoms with Gasteiger partial charge in [0, 0.05) is 47.7 Å². The van der Waals surface area contributed by atoms with Gasteiger partial charge in [0.15, 0.2) is 5.16 Å². The third-order valence-electron chi connectivity index (χ3n) is 7.55. The van der Waals surface area contributed by atoms with Crippen LogP contribution < -0.4 is 11.3 Å². The Labute approximate surface area is 270 Å². The summed E-state index contributed by atoms with van der Waals surface area (Å²) in [5, 5.41) is 7.89. The molecule has 11 heteroatoms. The third-order valence-corrected chi connectivity index (χ3v) is 8.86. The molecule has 232 valence electrons. The van der Waals surface area contributed by atoms with Crippen molar-refractivity contribution in [3.05, 3.63) is 135 Å². The van der Waals surface area contributed by atoms with Crippen molar-refractivity contribution in [3.8, 4) is 11.1 Å². The molecule has 2 aromatic heterocycles. The molecule has 2 heterocycles. The average Bonchev–Trinajstić information content (AvgIpc) is 3.59. The molecule has 0 aliphatic heterocycles. The van der Waals surface area contributed by atoms with E-state index < -0.39 is 0 Å². The van der Waals surface area contributed by atoms with Gasteiger partial charge in [-0.15, -0.1) is 0 Å². The number of hydrogen-bond acceptors (Lipinski definition) is 6. The van der Waals surface area contributed by atoms with E-state index in [1.807, 2.05) is 55.5 Å². The molecule has 1 unspecified atom stereocenters. The summed E-state index contributed by atoms with van der Waals surface area (Å²) in [5.41, 5.74) is 10.7. The van der Waals surface area contributed by atoms with E-state index in [2.05, 4.69) is 15.2 Å². The van der Waals surface area contributed by atoms with Gasteiger partial charge >= 0.3 is 0 Å². The number of nitrogens with two attached hydrogens (primary N) is 1. The molecule has 5 rings (SSSR count). The van der Waals surface area contributed by atoms with Crippen molar-refractivity contribution in [2.24, 2.45) is 5.73 Å². The SMILES string of the molecule is CC(c1cn[nH]c1)c1cn(CC(=O)N(CCCN)Cc2ccc(-c3ccc(Cl)cc3)cc2)c(SCc2ccc(F)cc2)nc1=O. The third kappa shape index (κ3) is 8.48. The molecule has 3 N–H and O–H groups in total. The van der Waals surface area contributed by atoms with Crippen molar-refractivity contribution in [1.82, 2.24) is 24.6 Å². The zero-order chi connectivity index (χ0) is 31.8. The van der Waals surface area contributed by atoms with Gasteiger partial charge in [-0.2, -0.15) is 10.1 Å². The van der Waals surface area contributed by atoms with Gasteiger partial charge in [-0.05, 0) is 65.0 Å². The maximum atomic E-state index is 13.9. The van der Waals surface area contributed by atoms with Crippen LogP contribution in [-0.2, 0) is 23.6 Å². The Hall–Kier alpha value is -4.25. The first-order valence-electron chi connectivity index (χ1n) is 14.6. The highest BCUT2D eigenvalue weighted by Crippen LogP contribution is 2.26. The van der Waals surface area contributed by atoms with Gasteiger partial charge in [-0.25, -0.2) is 4.39 Å². The Morgan fingerprint density at radius 2 is 1.71 bits per heavy atom. The molecule has 0 aliphatic rings. The van der Waals surface area contributed by atoms with Crippen LogP contribution in [0.5, 0.6) is 0 Å². The topological polar surface area (TPSA) is 110 Å². The summed E-state index contributed by atoms with van der Waals surface area (Å²) in [7, 11) is 0. The number of carbonyl (C=O) groups is 1. The van der Waals surface area contributed by atoms with Gasteiger partial charge in [-0.1, -0.05) is 78.8 Å². The lowest BCUT2D eigenvalue weighted by atomic mass is 9.98. The number of benzene rings is 3. The Balaban J connectivity index is 1.39. The normalized spacial score (nSPS) is 11.8. The number of carbonyl (C=O) groups excluding carboxylic acids is 1. The number of thioether (sulfide) groups is 1. The van der Waals surface area contributed by atoms with Crippen LogP contribution in [0.25, 0.3) is 11.1 Å². The van der Waals surface area contributed by atoms with Gasteiger partial charge in [0.2, 0.25) is 5.91 Å². The van der Waals surface area contributed by atoms with Crippen LogP contribution in [0.4, 0.5) is 4.39 Å². The summed E-state index contributed by atoms with van der Waals surface area (Å²) in [5.74, 6) is -0.275. The second-order valence-corrected chi connectivity index (χ2v) is 12.1. The molecule has 0 bridgehead atoms. The van der Waals surface area contributed by atoms with Crippen LogP contribution in [0.1, 0.15) is 41.5 Å². The average molecular weight is 645 g/mol. The molecule has 0 spiro atoms. The highest BCUT2D eigenvalue weighted by molar-refractivity contribution is 7.98. The lowest BCUT2D eigenvalue weighted by molar-refractivity contribution is -0.132. The van der Waals surface area contributed by atoms with Gasteiger partial charge < -0.3 is 15.2 Å². The molecular weight excluding hydrogens is 611 g/mol. The van der Waals surface area contributed by atoms with E-state index in [-0.39, 0.29) is 29.7 Å². The smallest absolute Gasteiger partial charge is 0.277 e. The van der Waals surface area contributed by atoms with Crippen molar-refractivity contribution in [1.29, 1.82) is 0 Å². The maximum Gasteiger partial charge on any atom is 0.277 e. The second kappa shape index (κ2) is 15.2. The molecule has 5 aromatic rings. The summed E-state index contributed by atoms with van der Waals surface area (Å²) >= 11 is 7.37. The van der Waals surface area contributed by atoms with Crippen molar-refractivity contribution < 1.29 is 9.18 Å². The summed E-state index contributed by atoms with van der Waals surface area (Å²) in [6, 6.07) is 21.9. The number of hydrogen-bond donors (Lipinski definition) is 2. The number of rotatable bonds is 13. The van der Waals surface area contributed by atoms with Crippen molar-refractivity contribution in [2.45, 2.75) is 43.3 Å². The molecule has 1 atom stereocenters. The van der Waals surface area contributed by atoms with E-state index in [1.165, 1.54) is 23.9 Å². The Kier molecular flexibility index (Phi) is 10.8. The first kappa shape index (κ1) is 32.2. The van der Waals surface area contributed by atoms with Gasteiger partial charge in [0.25, 0.3) is 5.56 Å². The Bertz CT molecular complexity index is 1760. The van der Waals surface area contributed by atoms with E-state index in [9.17, 15) is 14.0 Å². The van der Waals surface area contributed by atoms with Gasteiger partial charge in [0.05, 0.1) is 6.20 Å². The summed E-state index contributed by atoms with van der Waals surface area (Å²) < 4.78 is 15.2. The maximum absolute atomic E-state index is 13.9. The van der Waals surface area contributed by atoms with Crippen molar-refractivity contribution in [3.63, 3.8) is 0 Å². The van der Waals surface area contributed by atoms with Crippen LogP contribution >= 0.6 is 23.4 Å². The monoisotopic (exact) mass is 644 g/mol. The fourth-order valence-corrected chi connectivity index (χ4v) is 5.96. The van der Waals surface area contributed by atoms with E-state index in [4.69, 9.17) is 17.3 Å². The van der Waals surface area contributed by atoms with Gasteiger partial charge in [0.1, 0.15) is 12.4 Å². The number of nitrogens with zero attached hydrogens (tertiary/aromatic N) is 4. The summed E-state index contributed by atoms with van der Waals surface area (Å²) in [6.07, 6.45) is 5.78. The van der Waals surface area contributed by atoms with Crippen LogP contribution in [0.15, 0.2) is 101 Å². The van der Waals surface area contributed by atoms with E-state index >= 15 is 0 Å². The highest BCUT2D eigenvalue weighted by Gasteiger charge is 2.21. The zero-order valence-corrected chi connectivity index (χ0v) is 26.4. The quantitative estimate of drug-likeness (QED) is 0.116. The molecule has 0 fully saturated rings.